The topological polar surface area (TPSA) is 123 Å². The van der Waals surface area contributed by atoms with Crippen molar-refractivity contribution in [3.8, 4) is 0 Å². The summed E-state index contributed by atoms with van der Waals surface area (Å²) < 4.78 is 92.8. The van der Waals surface area contributed by atoms with E-state index in [1.807, 2.05) is 13.8 Å². The first kappa shape index (κ1) is 29.7. The van der Waals surface area contributed by atoms with Crippen LogP contribution in [0.3, 0.4) is 0 Å². The van der Waals surface area contributed by atoms with Crippen molar-refractivity contribution in [2.45, 2.75) is 163 Å². The van der Waals surface area contributed by atoms with Gasteiger partial charge in [0, 0.05) is 55.0 Å². The molecular formula is C40H65NO7S. The SMILES string of the molecule is [2H]C([2H])(C)CC[C@H](CC(=O)[C@@H]1[C@@H]2[C@H](CN1C(=O)[C@@H](CC(=O)CC1(CS(=O)(=O)C(C)(C)C)CCCCC1)C(C)(C([2H])([2H])[2H])C([2H])([2H])[2H])C2(C)C)C(=O)C(=O)CC1CC1. The maximum absolute atomic E-state index is 15.0. The second-order valence-corrected chi connectivity index (χ2v) is 20.4. The molecule has 0 bridgehead atoms. The standard InChI is InChI=1S/C40H65NO7S/c1-10-11-15-27(35(45)32(44)20-26-16-17-26)21-31(43)34-33-30(39(33,8)9)24-41(34)36(46)29(37(2,3)4)22-28(42)23-40(18-13-12-14-19-40)25-49(47,48)38(5,6)7/h26-27,29-30,33-34H,10-25H2,1-9H3/t27-,29-,30+,33+,34-/m1/s1/i2D3,3D3,10D2. The number of hydrogen-bond acceptors (Lipinski definition) is 7. The number of nitrogens with zero attached hydrogens (tertiary/aromatic N) is 1. The molecule has 0 spiro atoms. The summed E-state index contributed by atoms with van der Waals surface area (Å²) >= 11 is 0. The summed E-state index contributed by atoms with van der Waals surface area (Å²) in [5.74, 6) is -7.43. The van der Waals surface area contributed by atoms with Gasteiger partial charge in [0.05, 0.1) is 16.5 Å². The van der Waals surface area contributed by atoms with E-state index in [4.69, 9.17) is 11.0 Å². The molecule has 0 N–H and O–H groups in total. The number of ketones is 4. The fourth-order valence-corrected chi connectivity index (χ4v) is 10.2. The fourth-order valence-electron chi connectivity index (χ4n) is 8.55. The van der Waals surface area contributed by atoms with Crippen LogP contribution in [0.5, 0.6) is 0 Å². The normalized spacial score (nSPS) is 29.3. The van der Waals surface area contributed by atoms with E-state index in [-0.39, 0.29) is 49.8 Å². The molecule has 1 aliphatic heterocycles. The highest BCUT2D eigenvalue weighted by atomic mass is 32.2. The molecule has 1 heterocycles. The van der Waals surface area contributed by atoms with Gasteiger partial charge in [0.15, 0.2) is 21.4 Å². The second kappa shape index (κ2) is 14.6. The van der Waals surface area contributed by atoms with Crippen LogP contribution in [0, 0.1) is 45.8 Å². The number of piperidine rings is 1. The minimum Gasteiger partial charge on any atom is -0.332 e. The van der Waals surface area contributed by atoms with E-state index in [2.05, 4.69) is 0 Å². The number of carbonyl (C=O) groups excluding carboxylic acids is 5. The summed E-state index contributed by atoms with van der Waals surface area (Å²) in [6.45, 7) is 4.31. The Labute approximate surface area is 307 Å². The van der Waals surface area contributed by atoms with Crippen molar-refractivity contribution in [2.24, 2.45) is 45.8 Å². The lowest BCUT2D eigenvalue weighted by molar-refractivity contribution is -0.148. The van der Waals surface area contributed by atoms with Crippen molar-refractivity contribution in [1.82, 2.24) is 4.90 Å². The zero-order chi connectivity index (χ0) is 43.5. The minimum atomic E-state index is -3.71. The predicted molar refractivity (Wildman–Crippen MR) is 192 cm³/mol. The highest BCUT2D eigenvalue weighted by Gasteiger charge is 2.69. The van der Waals surface area contributed by atoms with Gasteiger partial charge in [0.1, 0.15) is 5.78 Å². The highest BCUT2D eigenvalue weighted by molar-refractivity contribution is 7.92. The van der Waals surface area contributed by atoms with Crippen LogP contribution >= 0.6 is 0 Å². The summed E-state index contributed by atoms with van der Waals surface area (Å²) in [6, 6.07) is -1.19. The van der Waals surface area contributed by atoms with Crippen LogP contribution in [-0.2, 0) is 33.8 Å². The molecule has 3 saturated carbocycles. The fraction of sp³-hybridized carbons (Fsp3) is 0.875. The summed E-state index contributed by atoms with van der Waals surface area (Å²) in [5.41, 5.74) is -4.16. The Balaban J connectivity index is 1.72. The summed E-state index contributed by atoms with van der Waals surface area (Å²) in [4.78, 5) is 71.5. The Morgan fingerprint density at radius 3 is 2.16 bits per heavy atom. The van der Waals surface area contributed by atoms with E-state index in [1.165, 1.54) is 11.8 Å². The van der Waals surface area contributed by atoms with Gasteiger partial charge < -0.3 is 4.90 Å². The molecule has 3 aliphatic carbocycles. The number of carbonyl (C=O) groups is 5. The molecule has 1 amide bonds. The molecule has 0 radical (unpaired) electrons. The first-order valence-electron chi connectivity index (χ1n) is 22.3. The predicted octanol–water partition coefficient (Wildman–Crippen LogP) is 7.35. The van der Waals surface area contributed by atoms with Gasteiger partial charge in [0.25, 0.3) is 0 Å². The molecule has 8 nitrogen and oxygen atoms in total. The van der Waals surface area contributed by atoms with Crippen molar-refractivity contribution >= 4 is 38.9 Å². The molecule has 4 aliphatic rings. The van der Waals surface area contributed by atoms with E-state index in [1.54, 1.807) is 20.8 Å². The van der Waals surface area contributed by atoms with Gasteiger partial charge in [-0.1, -0.05) is 73.5 Å². The van der Waals surface area contributed by atoms with Crippen LogP contribution < -0.4 is 0 Å². The molecule has 0 aromatic rings. The lowest BCUT2D eigenvalue weighted by atomic mass is 9.70. The number of Topliss-reactive ketones (excluding diaryl/α,β-unsaturated/α-hetero) is 4. The molecule has 9 heteroatoms. The van der Waals surface area contributed by atoms with Crippen molar-refractivity contribution < 1.29 is 43.4 Å². The summed E-state index contributed by atoms with van der Waals surface area (Å²) in [6.07, 6.45) is 1.33. The number of amides is 1. The molecule has 4 rings (SSSR count). The molecule has 278 valence electrons. The highest BCUT2D eigenvalue weighted by Crippen LogP contribution is 2.65. The Morgan fingerprint density at radius 1 is 0.980 bits per heavy atom. The number of sulfone groups is 1. The average molecular weight is 712 g/mol. The minimum absolute atomic E-state index is 0.0137. The van der Waals surface area contributed by atoms with E-state index in [9.17, 15) is 27.6 Å². The van der Waals surface area contributed by atoms with Crippen molar-refractivity contribution in [3.05, 3.63) is 0 Å². The first-order chi connectivity index (χ1) is 25.7. The third-order valence-electron chi connectivity index (χ3n) is 12.2. The average Bonchev–Trinajstić information content (AvgIpc) is 3.89. The van der Waals surface area contributed by atoms with Gasteiger partial charge in [-0.15, -0.1) is 0 Å². The van der Waals surface area contributed by atoms with E-state index < -0.39 is 117 Å². The number of hydrogen-bond donors (Lipinski definition) is 0. The maximum Gasteiger partial charge on any atom is 0.227 e. The quantitative estimate of drug-likeness (QED) is 0.145. The summed E-state index contributed by atoms with van der Waals surface area (Å²) in [7, 11) is -3.71. The molecule has 0 unspecified atom stereocenters. The van der Waals surface area contributed by atoms with Gasteiger partial charge in [-0.3, -0.25) is 24.0 Å². The van der Waals surface area contributed by atoms with Gasteiger partial charge in [-0.2, -0.15) is 0 Å². The number of fused-ring (bicyclic) bond motifs is 1. The molecule has 49 heavy (non-hydrogen) atoms. The molecule has 5 atom stereocenters. The van der Waals surface area contributed by atoms with E-state index in [0.717, 1.165) is 26.2 Å². The van der Waals surface area contributed by atoms with Crippen LogP contribution in [0.25, 0.3) is 0 Å². The molecule has 0 aromatic heterocycles. The van der Waals surface area contributed by atoms with Gasteiger partial charge in [-0.05, 0) is 86.9 Å². The van der Waals surface area contributed by atoms with Crippen LogP contribution in [0.2, 0.25) is 0 Å². The summed E-state index contributed by atoms with van der Waals surface area (Å²) in [5, 5.41) is 0. The van der Waals surface area contributed by atoms with Crippen LogP contribution in [0.4, 0.5) is 0 Å². The monoisotopic (exact) mass is 711 g/mol. The van der Waals surface area contributed by atoms with Crippen molar-refractivity contribution in [2.75, 3.05) is 12.3 Å². The molecule has 4 fully saturated rings. The molecule has 1 saturated heterocycles. The lowest BCUT2D eigenvalue weighted by Crippen LogP contribution is -2.51. The van der Waals surface area contributed by atoms with Gasteiger partial charge in [0.2, 0.25) is 11.7 Å². The van der Waals surface area contributed by atoms with Crippen LogP contribution in [0.1, 0.15) is 163 Å². The number of rotatable bonds is 17. The van der Waals surface area contributed by atoms with Crippen molar-refractivity contribution in [1.29, 1.82) is 0 Å². The molecule has 0 aromatic carbocycles. The molecular weight excluding hydrogens is 639 g/mol. The third kappa shape index (κ3) is 9.13. The third-order valence-corrected chi connectivity index (χ3v) is 15.0. The first-order valence-corrected chi connectivity index (χ1v) is 20.0. The van der Waals surface area contributed by atoms with Gasteiger partial charge in [-0.25, -0.2) is 8.42 Å². The van der Waals surface area contributed by atoms with Gasteiger partial charge >= 0.3 is 0 Å². The Hall–Kier alpha value is -1.90. The largest absolute Gasteiger partial charge is 0.332 e. The Bertz CT molecular complexity index is 1670. The van der Waals surface area contributed by atoms with Crippen LogP contribution in [-0.4, -0.2) is 65.4 Å². The zero-order valence-corrected chi connectivity index (χ0v) is 31.6. The Kier molecular flexibility index (Phi) is 8.84. The van der Waals surface area contributed by atoms with Crippen LogP contribution in [0.15, 0.2) is 0 Å². The van der Waals surface area contributed by atoms with E-state index in [0.29, 0.717) is 25.7 Å². The van der Waals surface area contributed by atoms with E-state index >= 15 is 4.79 Å². The lowest BCUT2D eigenvalue weighted by Gasteiger charge is -2.40. The second-order valence-electron chi connectivity index (χ2n) is 17.7. The Morgan fingerprint density at radius 2 is 1.61 bits per heavy atom. The maximum atomic E-state index is 15.0. The smallest absolute Gasteiger partial charge is 0.227 e. The number of likely N-dealkylation sites (tertiary alicyclic amines) is 1. The van der Waals surface area contributed by atoms with Crippen molar-refractivity contribution in [3.63, 3.8) is 0 Å². The zero-order valence-electron chi connectivity index (χ0n) is 38.8.